The predicted molar refractivity (Wildman–Crippen MR) is 77.9 cm³/mol. The van der Waals surface area contributed by atoms with Crippen LogP contribution in [0, 0.1) is 0 Å². The summed E-state index contributed by atoms with van der Waals surface area (Å²) < 4.78 is 0. The van der Waals surface area contributed by atoms with Gasteiger partial charge in [0.1, 0.15) is 0 Å². The Balaban J connectivity index is 0. The molecule has 3 heteroatoms. The molecule has 116 valence electrons. The fourth-order valence-electron chi connectivity index (χ4n) is 1.99. The van der Waals surface area contributed by atoms with E-state index in [2.05, 4.69) is 19.1 Å². The van der Waals surface area contributed by atoms with Crippen LogP contribution in [0.15, 0.2) is 12.2 Å². The second kappa shape index (κ2) is 17.7. The molecule has 0 radical (unpaired) electrons. The van der Waals surface area contributed by atoms with Crippen molar-refractivity contribution in [2.24, 2.45) is 0 Å². The molecule has 0 rings (SSSR count). The molecule has 0 saturated heterocycles. The summed E-state index contributed by atoms with van der Waals surface area (Å²) in [7, 11) is 0. The summed E-state index contributed by atoms with van der Waals surface area (Å²) >= 11 is 0. The van der Waals surface area contributed by atoms with E-state index in [1.54, 1.807) is 0 Å². The van der Waals surface area contributed by atoms with E-state index >= 15 is 0 Å². The topological polar surface area (TPSA) is 37.3 Å². The molecule has 0 unspecified atom stereocenters. The van der Waals surface area contributed by atoms with Gasteiger partial charge in [0.05, 0.1) is 0 Å². The van der Waals surface area contributed by atoms with Gasteiger partial charge in [-0.2, -0.15) is 0 Å². The second-order valence-corrected chi connectivity index (χ2v) is 5.02. The maximum Gasteiger partial charge on any atom is 0.303 e. The van der Waals surface area contributed by atoms with E-state index in [4.69, 9.17) is 5.11 Å². The summed E-state index contributed by atoms with van der Waals surface area (Å²) in [6.07, 6.45) is 18.3. The van der Waals surface area contributed by atoms with Gasteiger partial charge in [-0.05, 0) is 32.1 Å². The van der Waals surface area contributed by atoms with Crippen molar-refractivity contribution in [3.63, 3.8) is 0 Å². The number of carboxylic acids is 1. The van der Waals surface area contributed by atoms with Crippen molar-refractivity contribution < 1.29 is 26.4 Å². The SMILES string of the molecule is CCCCCC/C=C\CCCCCCCC(=O)O.[Ni]. The number of hydrogen-bond acceptors (Lipinski definition) is 1. The van der Waals surface area contributed by atoms with Gasteiger partial charge in [-0.25, -0.2) is 0 Å². The summed E-state index contributed by atoms with van der Waals surface area (Å²) in [5, 5.41) is 8.48. The normalized spacial score (nSPS) is 10.6. The van der Waals surface area contributed by atoms with E-state index in [0.29, 0.717) is 6.42 Å². The fraction of sp³-hybridized carbons (Fsp3) is 0.812. The van der Waals surface area contributed by atoms with E-state index < -0.39 is 5.97 Å². The number of aliphatic carboxylic acids is 1. The molecule has 0 aliphatic carbocycles. The minimum absolute atomic E-state index is 0. The van der Waals surface area contributed by atoms with E-state index in [0.717, 1.165) is 12.8 Å². The summed E-state index contributed by atoms with van der Waals surface area (Å²) in [5.74, 6) is -0.666. The van der Waals surface area contributed by atoms with Crippen LogP contribution in [0.25, 0.3) is 0 Å². The third-order valence-electron chi connectivity index (χ3n) is 3.15. The summed E-state index contributed by atoms with van der Waals surface area (Å²) in [5.41, 5.74) is 0. The van der Waals surface area contributed by atoms with Crippen LogP contribution in [0.3, 0.4) is 0 Å². The van der Waals surface area contributed by atoms with Crippen molar-refractivity contribution in [2.75, 3.05) is 0 Å². The van der Waals surface area contributed by atoms with Gasteiger partial charge in [0.15, 0.2) is 0 Å². The van der Waals surface area contributed by atoms with Crippen molar-refractivity contribution in [3.8, 4) is 0 Å². The largest absolute Gasteiger partial charge is 0.481 e. The molecule has 0 fully saturated rings. The third-order valence-corrected chi connectivity index (χ3v) is 3.15. The van der Waals surface area contributed by atoms with Gasteiger partial charge in [0.25, 0.3) is 0 Å². The van der Waals surface area contributed by atoms with Crippen LogP contribution in [0.1, 0.15) is 84.0 Å². The molecule has 0 heterocycles. The average Bonchev–Trinajstić information content (AvgIpc) is 2.34. The number of carboxylic acid groups (broad SMARTS) is 1. The van der Waals surface area contributed by atoms with Crippen molar-refractivity contribution in [1.82, 2.24) is 0 Å². The third kappa shape index (κ3) is 20.2. The monoisotopic (exact) mass is 312 g/mol. The quantitative estimate of drug-likeness (QED) is 0.284. The summed E-state index contributed by atoms with van der Waals surface area (Å²) in [6, 6.07) is 0. The van der Waals surface area contributed by atoms with Crippen LogP contribution in [-0.4, -0.2) is 11.1 Å². The van der Waals surface area contributed by atoms with Gasteiger partial charge in [-0.15, -0.1) is 0 Å². The molecule has 0 aliphatic rings. The van der Waals surface area contributed by atoms with E-state index in [-0.39, 0.29) is 16.5 Å². The number of carbonyl (C=O) groups is 1. The van der Waals surface area contributed by atoms with Crippen molar-refractivity contribution >= 4 is 5.97 Å². The second-order valence-electron chi connectivity index (χ2n) is 5.02. The minimum atomic E-state index is -0.666. The Kier molecular flexibility index (Phi) is 19.6. The van der Waals surface area contributed by atoms with Crippen molar-refractivity contribution in [3.05, 3.63) is 12.2 Å². The Morgan fingerprint density at radius 1 is 0.842 bits per heavy atom. The van der Waals surface area contributed by atoms with Crippen LogP contribution in [0.5, 0.6) is 0 Å². The molecule has 0 aromatic rings. The van der Waals surface area contributed by atoms with Crippen LogP contribution in [-0.2, 0) is 21.3 Å². The molecule has 0 atom stereocenters. The van der Waals surface area contributed by atoms with Gasteiger partial charge < -0.3 is 5.11 Å². The zero-order valence-corrected chi connectivity index (χ0v) is 13.3. The van der Waals surface area contributed by atoms with E-state index in [1.165, 1.54) is 57.8 Å². The molecule has 0 aromatic carbocycles. The first-order valence-corrected chi connectivity index (χ1v) is 7.64. The van der Waals surface area contributed by atoms with Gasteiger partial charge in [-0.1, -0.05) is 57.6 Å². The molecule has 0 aromatic heterocycles. The molecule has 19 heavy (non-hydrogen) atoms. The first kappa shape index (κ1) is 21.0. The minimum Gasteiger partial charge on any atom is -0.481 e. The average molecular weight is 313 g/mol. The van der Waals surface area contributed by atoms with E-state index in [9.17, 15) is 4.79 Å². The standard InChI is InChI=1S/C16H30O2.Ni/c1-2-3-4-5-6-7-8-9-10-11-12-13-14-15-16(17)18;/h7-8H,2-6,9-15H2,1H3,(H,17,18);/b8-7-;. The Morgan fingerprint density at radius 2 is 1.32 bits per heavy atom. The van der Waals surface area contributed by atoms with Crippen LogP contribution in [0.4, 0.5) is 0 Å². The summed E-state index contributed by atoms with van der Waals surface area (Å²) in [6.45, 7) is 2.24. The van der Waals surface area contributed by atoms with Crippen LogP contribution in [0.2, 0.25) is 0 Å². The van der Waals surface area contributed by atoms with Crippen LogP contribution < -0.4 is 0 Å². The molecular formula is C16H30NiO2. The zero-order valence-electron chi connectivity index (χ0n) is 12.3. The molecular weight excluding hydrogens is 283 g/mol. The Morgan fingerprint density at radius 3 is 1.84 bits per heavy atom. The molecule has 0 saturated carbocycles. The first-order valence-electron chi connectivity index (χ1n) is 7.64. The predicted octanol–water partition coefficient (Wildman–Crippen LogP) is 5.33. The first-order chi connectivity index (χ1) is 8.77. The van der Waals surface area contributed by atoms with E-state index in [1.807, 2.05) is 0 Å². The smallest absolute Gasteiger partial charge is 0.303 e. The number of allylic oxidation sites excluding steroid dienone is 2. The Hall–Kier alpha value is -0.296. The molecule has 0 amide bonds. The van der Waals surface area contributed by atoms with Gasteiger partial charge in [-0.3, -0.25) is 4.79 Å². The Bertz CT molecular complexity index is 215. The zero-order chi connectivity index (χ0) is 13.5. The number of hydrogen-bond donors (Lipinski definition) is 1. The molecule has 0 bridgehead atoms. The van der Waals surface area contributed by atoms with Gasteiger partial charge in [0, 0.05) is 22.9 Å². The maximum absolute atomic E-state index is 10.3. The fourth-order valence-corrected chi connectivity index (χ4v) is 1.99. The molecule has 0 spiro atoms. The summed E-state index contributed by atoms with van der Waals surface area (Å²) in [4.78, 5) is 10.3. The number of rotatable bonds is 13. The van der Waals surface area contributed by atoms with Gasteiger partial charge >= 0.3 is 5.97 Å². The molecule has 0 aliphatic heterocycles. The Labute approximate surface area is 129 Å². The maximum atomic E-state index is 10.3. The van der Waals surface area contributed by atoms with Crippen LogP contribution >= 0.6 is 0 Å². The number of unbranched alkanes of at least 4 members (excludes halogenated alkanes) is 9. The van der Waals surface area contributed by atoms with Crippen molar-refractivity contribution in [1.29, 1.82) is 0 Å². The van der Waals surface area contributed by atoms with Gasteiger partial charge in [0.2, 0.25) is 0 Å². The van der Waals surface area contributed by atoms with Crippen molar-refractivity contribution in [2.45, 2.75) is 84.0 Å². The molecule has 2 nitrogen and oxygen atoms in total. The molecule has 1 N–H and O–H groups in total.